The summed E-state index contributed by atoms with van der Waals surface area (Å²) in [4.78, 5) is 19.6. The van der Waals surface area contributed by atoms with Crippen LogP contribution in [0.3, 0.4) is 0 Å². The SMILES string of the molecule is COCCNC(=NCC(=O)N(C)C)N(C)Cc1ccccc1. The molecule has 1 rings (SSSR count). The molecule has 0 aliphatic rings. The van der Waals surface area contributed by atoms with Gasteiger partial charge >= 0.3 is 0 Å². The fourth-order valence-corrected chi connectivity index (χ4v) is 1.79. The number of nitrogens with zero attached hydrogens (tertiary/aromatic N) is 3. The molecule has 6 heteroatoms. The van der Waals surface area contributed by atoms with E-state index in [1.807, 2.05) is 30.1 Å². The zero-order valence-corrected chi connectivity index (χ0v) is 13.9. The molecule has 122 valence electrons. The fourth-order valence-electron chi connectivity index (χ4n) is 1.79. The van der Waals surface area contributed by atoms with Crippen molar-refractivity contribution in [2.45, 2.75) is 6.54 Å². The van der Waals surface area contributed by atoms with Gasteiger partial charge in [-0.15, -0.1) is 0 Å². The van der Waals surface area contributed by atoms with E-state index in [-0.39, 0.29) is 12.5 Å². The second-order valence-electron chi connectivity index (χ2n) is 5.19. The maximum atomic E-state index is 11.7. The molecule has 1 aromatic carbocycles. The number of guanidine groups is 1. The van der Waals surface area contributed by atoms with Crippen LogP contribution in [0.15, 0.2) is 35.3 Å². The summed E-state index contributed by atoms with van der Waals surface area (Å²) in [5.74, 6) is 0.662. The van der Waals surface area contributed by atoms with Crippen molar-refractivity contribution in [2.75, 3.05) is 47.9 Å². The number of ether oxygens (including phenoxy) is 1. The summed E-state index contributed by atoms with van der Waals surface area (Å²) in [6, 6.07) is 10.1. The first-order valence-electron chi connectivity index (χ1n) is 7.27. The number of benzene rings is 1. The average molecular weight is 306 g/mol. The number of carbonyl (C=O) groups is 1. The number of rotatable bonds is 7. The second kappa shape index (κ2) is 9.78. The lowest BCUT2D eigenvalue weighted by atomic mass is 10.2. The molecule has 0 aliphatic heterocycles. The Balaban J connectivity index is 2.70. The van der Waals surface area contributed by atoms with Gasteiger partial charge < -0.3 is 19.9 Å². The zero-order valence-electron chi connectivity index (χ0n) is 13.9. The summed E-state index contributed by atoms with van der Waals surface area (Å²) >= 11 is 0. The van der Waals surface area contributed by atoms with Crippen molar-refractivity contribution in [1.29, 1.82) is 0 Å². The molecule has 0 saturated heterocycles. The molecule has 0 aliphatic carbocycles. The lowest BCUT2D eigenvalue weighted by Gasteiger charge is -2.22. The number of hydrogen-bond acceptors (Lipinski definition) is 3. The number of methoxy groups -OCH3 is 1. The summed E-state index contributed by atoms with van der Waals surface area (Å²) in [6.07, 6.45) is 0. The normalized spacial score (nSPS) is 11.2. The first kappa shape index (κ1) is 18.0. The van der Waals surface area contributed by atoms with E-state index in [2.05, 4.69) is 22.4 Å². The van der Waals surface area contributed by atoms with Gasteiger partial charge in [-0.1, -0.05) is 30.3 Å². The maximum absolute atomic E-state index is 11.7. The van der Waals surface area contributed by atoms with Gasteiger partial charge in [0.2, 0.25) is 5.91 Å². The maximum Gasteiger partial charge on any atom is 0.243 e. The summed E-state index contributed by atoms with van der Waals surface area (Å²) in [5.41, 5.74) is 1.19. The standard InChI is InChI=1S/C16H26N4O2/c1-19(2)15(21)12-18-16(17-10-11-22-4)20(3)13-14-8-6-5-7-9-14/h5-9H,10-13H2,1-4H3,(H,17,18). The van der Waals surface area contributed by atoms with Crippen LogP contribution in [-0.2, 0) is 16.1 Å². The summed E-state index contributed by atoms with van der Waals surface area (Å²) in [5, 5.41) is 3.22. The summed E-state index contributed by atoms with van der Waals surface area (Å²) in [6.45, 7) is 2.07. The molecule has 1 amide bonds. The third-order valence-electron chi connectivity index (χ3n) is 3.08. The lowest BCUT2D eigenvalue weighted by Crippen LogP contribution is -2.40. The third kappa shape index (κ3) is 6.58. The number of carbonyl (C=O) groups excluding carboxylic acids is 1. The Hall–Kier alpha value is -2.08. The molecule has 0 radical (unpaired) electrons. The van der Waals surface area contributed by atoms with Crippen molar-refractivity contribution in [2.24, 2.45) is 4.99 Å². The third-order valence-corrected chi connectivity index (χ3v) is 3.08. The molecule has 22 heavy (non-hydrogen) atoms. The van der Waals surface area contributed by atoms with Crippen LogP contribution < -0.4 is 5.32 Å². The molecule has 0 saturated carbocycles. The van der Waals surface area contributed by atoms with Crippen LogP contribution >= 0.6 is 0 Å². The Morgan fingerprint density at radius 1 is 1.23 bits per heavy atom. The topological polar surface area (TPSA) is 57.2 Å². The second-order valence-corrected chi connectivity index (χ2v) is 5.19. The first-order chi connectivity index (χ1) is 10.5. The molecule has 0 atom stereocenters. The monoisotopic (exact) mass is 306 g/mol. The van der Waals surface area contributed by atoms with Crippen LogP contribution in [0.5, 0.6) is 0 Å². The van der Waals surface area contributed by atoms with Crippen molar-refractivity contribution in [3.8, 4) is 0 Å². The van der Waals surface area contributed by atoms with Gasteiger partial charge in [0, 0.05) is 41.3 Å². The number of likely N-dealkylation sites (N-methyl/N-ethyl adjacent to an activating group) is 1. The molecule has 0 heterocycles. The molecule has 1 aromatic rings. The first-order valence-corrected chi connectivity index (χ1v) is 7.27. The van der Waals surface area contributed by atoms with Crippen molar-refractivity contribution in [1.82, 2.24) is 15.1 Å². The molecule has 0 bridgehead atoms. The average Bonchev–Trinajstić information content (AvgIpc) is 2.51. The van der Waals surface area contributed by atoms with E-state index in [0.717, 1.165) is 6.54 Å². The largest absolute Gasteiger partial charge is 0.383 e. The minimum absolute atomic E-state index is 0.0286. The van der Waals surface area contributed by atoms with Crippen molar-refractivity contribution in [3.05, 3.63) is 35.9 Å². The van der Waals surface area contributed by atoms with E-state index < -0.39 is 0 Å². The molecule has 0 spiro atoms. The van der Waals surface area contributed by atoms with Gasteiger partial charge in [0.1, 0.15) is 6.54 Å². The van der Waals surface area contributed by atoms with E-state index in [1.54, 1.807) is 21.2 Å². The summed E-state index contributed by atoms with van der Waals surface area (Å²) in [7, 11) is 7.06. The highest BCUT2D eigenvalue weighted by Gasteiger charge is 2.09. The van der Waals surface area contributed by atoms with Gasteiger partial charge in [0.25, 0.3) is 0 Å². The van der Waals surface area contributed by atoms with Crippen LogP contribution in [0.2, 0.25) is 0 Å². The van der Waals surface area contributed by atoms with Gasteiger partial charge in [0.15, 0.2) is 5.96 Å². The van der Waals surface area contributed by atoms with Gasteiger partial charge in [-0.25, -0.2) is 4.99 Å². The molecule has 0 aromatic heterocycles. The highest BCUT2D eigenvalue weighted by molar-refractivity contribution is 5.84. The van der Waals surface area contributed by atoms with E-state index in [1.165, 1.54) is 10.5 Å². The molecular weight excluding hydrogens is 280 g/mol. The van der Waals surface area contributed by atoms with Crippen LogP contribution in [0, 0.1) is 0 Å². The highest BCUT2D eigenvalue weighted by Crippen LogP contribution is 2.03. The van der Waals surface area contributed by atoms with Gasteiger partial charge in [-0.3, -0.25) is 4.79 Å². The van der Waals surface area contributed by atoms with Crippen LogP contribution in [0.4, 0.5) is 0 Å². The van der Waals surface area contributed by atoms with Gasteiger partial charge in [0.05, 0.1) is 6.61 Å². The predicted octanol–water partition coefficient (Wildman–Crippen LogP) is 0.799. The van der Waals surface area contributed by atoms with E-state index in [4.69, 9.17) is 4.74 Å². The van der Waals surface area contributed by atoms with Gasteiger partial charge in [-0.05, 0) is 5.56 Å². The Bertz CT molecular complexity index is 474. The van der Waals surface area contributed by atoms with Crippen molar-refractivity contribution < 1.29 is 9.53 Å². The zero-order chi connectivity index (χ0) is 16.4. The molecule has 1 N–H and O–H groups in total. The summed E-state index contributed by atoms with van der Waals surface area (Å²) < 4.78 is 5.04. The minimum Gasteiger partial charge on any atom is -0.383 e. The van der Waals surface area contributed by atoms with E-state index in [0.29, 0.717) is 19.1 Å². The quantitative estimate of drug-likeness (QED) is 0.460. The predicted molar refractivity (Wildman–Crippen MR) is 88.8 cm³/mol. The smallest absolute Gasteiger partial charge is 0.243 e. The van der Waals surface area contributed by atoms with Crippen molar-refractivity contribution in [3.63, 3.8) is 0 Å². The van der Waals surface area contributed by atoms with E-state index in [9.17, 15) is 4.79 Å². The Morgan fingerprint density at radius 2 is 1.91 bits per heavy atom. The molecule has 0 fully saturated rings. The van der Waals surface area contributed by atoms with Crippen molar-refractivity contribution >= 4 is 11.9 Å². The Kier molecular flexibility index (Phi) is 7.99. The van der Waals surface area contributed by atoms with Crippen LogP contribution in [0.25, 0.3) is 0 Å². The fraction of sp³-hybridized carbons (Fsp3) is 0.500. The molecule has 6 nitrogen and oxygen atoms in total. The van der Waals surface area contributed by atoms with Gasteiger partial charge in [-0.2, -0.15) is 0 Å². The number of aliphatic imine (C=N–C) groups is 1. The Labute approximate surface area is 132 Å². The molecule has 0 unspecified atom stereocenters. The Morgan fingerprint density at radius 3 is 2.50 bits per heavy atom. The lowest BCUT2D eigenvalue weighted by molar-refractivity contribution is -0.127. The number of hydrogen-bond donors (Lipinski definition) is 1. The van der Waals surface area contributed by atoms with Crippen LogP contribution in [0.1, 0.15) is 5.56 Å². The number of nitrogens with one attached hydrogen (secondary N) is 1. The minimum atomic E-state index is -0.0286. The van der Waals surface area contributed by atoms with E-state index >= 15 is 0 Å². The van der Waals surface area contributed by atoms with Crippen LogP contribution in [-0.4, -0.2) is 69.6 Å². The number of amides is 1. The highest BCUT2D eigenvalue weighted by atomic mass is 16.5. The molecular formula is C16H26N4O2.